The fraction of sp³-hybridized carbons (Fsp3) is 0.350. The van der Waals surface area contributed by atoms with Crippen LogP contribution in [-0.4, -0.2) is 41.7 Å². The molecule has 1 aliphatic heterocycles. The number of rotatable bonds is 7. The van der Waals surface area contributed by atoms with Crippen LogP contribution >= 0.6 is 0 Å². The van der Waals surface area contributed by atoms with E-state index in [1.807, 2.05) is 59.5 Å². The van der Waals surface area contributed by atoms with Crippen LogP contribution < -0.4 is 10.1 Å². The Labute approximate surface area is 148 Å². The monoisotopic (exact) mass is 340 g/mol. The highest BCUT2D eigenvalue weighted by Crippen LogP contribution is 2.19. The van der Waals surface area contributed by atoms with Gasteiger partial charge in [0.1, 0.15) is 12.4 Å². The minimum absolute atomic E-state index is 0.0571. The third-order valence-electron chi connectivity index (χ3n) is 4.44. The number of nitrogens with zero attached hydrogens (tertiary/aromatic N) is 1. The van der Waals surface area contributed by atoms with Crippen molar-refractivity contribution in [2.45, 2.75) is 25.5 Å². The minimum atomic E-state index is -0.0571. The van der Waals surface area contributed by atoms with Crippen LogP contribution in [0.25, 0.3) is 0 Å². The lowest BCUT2D eigenvalue weighted by Gasteiger charge is -2.21. The van der Waals surface area contributed by atoms with Gasteiger partial charge in [0, 0.05) is 11.7 Å². The maximum atomic E-state index is 12.2. The van der Waals surface area contributed by atoms with Gasteiger partial charge in [-0.1, -0.05) is 30.3 Å². The molecule has 2 aromatic carbocycles. The van der Waals surface area contributed by atoms with Gasteiger partial charge in [0.05, 0.1) is 13.2 Å². The largest absolute Gasteiger partial charge is 0.489 e. The van der Waals surface area contributed by atoms with Crippen LogP contribution in [0.5, 0.6) is 5.75 Å². The first-order valence-corrected chi connectivity index (χ1v) is 8.66. The van der Waals surface area contributed by atoms with E-state index in [2.05, 4.69) is 5.32 Å². The Hall–Kier alpha value is -2.37. The average molecular weight is 340 g/mol. The number of ether oxygens (including phenoxy) is 1. The van der Waals surface area contributed by atoms with Crippen molar-refractivity contribution in [3.8, 4) is 5.75 Å². The van der Waals surface area contributed by atoms with E-state index >= 15 is 0 Å². The number of nitrogens with one attached hydrogen (secondary N) is 1. The van der Waals surface area contributed by atoms with Crippen molar-refractivity contribution in [1.29, 1.82) is 0 Å². The Morgan fingerprint density at radius 3 is 2.64 bits per heavy atom. The Morgan fingerprint density at radius 1 is 1.16 bits per heavy atom. The predicted molar refractivity (Wildman–Crippen MR) is 97.5 cm³/mol. The number of amides is 1. The summed E-state index contributed by atoms with van der Waals surface area (Å²) < 4.78 is 5.74. The summed E-state index contributed by atoms with van der Waals surface area (Å²) >= 11 is 0. The van der Waals surface area contributed by atoms with E-state index in [1.165, 1.54) is 0 Å². The zero-order valence-corrected chi connectivity index (χ0v) is 14.2. The molecule has 3 rings (SSSR count). The molecular weight excluding hydrogens is 316 g/mol. The fourth-order valence-corrected chi connectivity index (χ4v) is 3.07. The predicted octanol–water partition coefficient (Wildman–Crippen LogP) is 2.66. The summed E-state index contributed by atoms with van der Waals surface area (Å²) in [5, 5.41) is 12.2. The van der Waals surface area contributed by atoms with Gasteiger partial charge < -0.3 is 15.2 Å². The number of carbonyl (C=O) groups excluding carboxylic acids is 1. The van der Waals surface area contributed by atoms with Crippen molar-refractivity contribution in [2.24, 2.45) is 0 Å². The Bertz CT molecular complexity index is 673. The van der Waals surface area contributed by atoms with E-state index in [0.29, 0.717) is 13.2 Å². The lowest BCUT2D eigenvalue weighted by molar-refractivity contribution is -0.117. The van der Waals surface area contributed by atoms with Gasteiger partial charge in [0.25, 0.3) is 0 Å². The number of aliphatic hydroxyl groups excluding tert-OH is 1. The minimum Gasteiger partial charge on any atom is -0.489 e. The SMILES string of the molecule is O=C(CN1CCC[C@@H]1CO)Nc1ccc(OCc2ccccc2)cc1. The first kappa shape index (κ1) is 17.5. The Kier molecular flexibility index (Phi) is 6.04. The lowest BCUT2D eigenvalue weighted by Crippen LogP contribution is -2.38. The topological polar surface area (TPSA) is 61.8 Å². The zero-order valence-electron chi connectivity index (χ0n) is 14.2. The van der Waals surface area contributed by atoms with Crippen LogP contribution in [0.3, 0.4) is 0 Å². The maximum Gasteiger partial charge on any atom is 0.238 e. The van der Waals surface area contributed by atoms with E-state index in [9.17, 15) is 9.90 Å². The first-order chi connectivity index (χ1) is 12.2. The van der Waals surface area contributed by atoms with Crippen molar-refractivity contribution in [1.82, 2.24) is 4.90 Å². The number of hydrogen-bond donors (Lipinski definition) is 2. The molecule has 2 aromatic rings. The summed E-state index contributed by atoms with van der Waals surface area (Å²) in [6.07, 6.45) is 1.99. The summed E-state index contributed by atoms with van der Waals surface area (Å²) in [5.74, 6) is 0.708. The molecule has 1 aliphatic rings. The summed E-state index contributed by atoms with van der Waals surface area (Å²) in [7, 11) is 0. The van der Waals surface area contributed by atoms with Crippen molar-refractivity contribution in [3.63, 3.8) is 0 Å². The molecular formula is C20H24N2O3. The number of hydrogen-bond acceptors (Lipinski definition) is 4. The van der Waals surface area contributed by atoms with E-state index in [4.69, 9.17) is 4.74 Å². The molecule has 5 heteroatoms. The second-order valence-corrected chi connectivity index (χ2v) is 6.30. The van der Waals surface area contributed by atoms with Gasteiger partial charge in [0.2, 0.25) is 5.91 Å². The van der Waals surface area contributed by atoms with E-state index in [0.717, 1.165) is 36.4 Å². The van der Waals surface area contributed by atoms with Gasteiger partial charge in [-0.2, -0.15) is 0 Å². The molecule has 1 heterocycles. The van der Waals surface area contributed by atoms with Crippen LogP contribution in [0.15, 0.2) is 54.6 Å². The summed E-state index contributed by atoms with van der Waals surface area (Å²) in [4.78, 5) is 14.2. The second-order valence-electron chi connectivity index (χ2n) is 6.30. The third-order valence-corrected chi connectivity index (χ3v) is 4.44. The summed E-state index contributed by atoms with van der Waals surface area (Å²) in [6.45, 7) is 1.81. The maximum absolute atomic E-state index is 12.2. The highest BCUT2D eigenvalue weighted by molar-refractivity contribution is 5.92. The molecule has 2 N–H and O–H groups in total. The summed E-state index contributed by atoms with van der Waals surface area (Å²) in [5.41, 5.74) is 1.86. The number of anilines is 1. The second kappa shape index (κ2) is 8.65. The molecule has 0 saturated carbocycles. The molecule has 0 radical (unpaired) electrons. The lowest BCUT2D eigenvalue weighted by atomic mass is 10.2. The summed E-state index contributed by atoms with van der Waals surface area (Å²) in [6, 6.07) is 17.5. The van der Waals surface area contributed by atoms with Crippen molar-refractivity contribution in [2.75, 3.05) is 25.0 Å². The van der Waals surface area contributed by atoms with Crippen molar-refractivity contribution in [3.05, 3.63) is 60.2 Å². The molecule has 5 nitrogen and oxygen atoms in total. The third kappa shape index (κ3) is 5.05. The molecule has 0 bridgehead atoms. The molecule has 0 aromatic heterocycles. The average Bonchev–Trinajstić information content (AvgIpc) is 3.09. The number of carbonyl (C=O) groups is 1. The molecule has 1 amide bonds. The van der Waals surface area contributed by atoms with Gasteiger partial charge in [-0.15, -0.1) is 0 Å². The van der Waals surface area contributed by atoms with Gasteiger partial charge in [-0.25, -0.2) is 0 Å². The van der Waals surface area contributed by atoms with Gasteiger partial charge in [0.15, 0.2) is 0 Å². The van der Waals surface area contributed by atoms with Crippen molar-refractivity contribution < 1.29 is 14.6 Å². The van der Waals surface area contributed by atoms with Gasteiger partial charge in [-0.3, -0.25) is 9.69 Å². The molecule has 25 heavy (non-hydrogen) atoms. The number of aliphatic hydroxyl groups is 1. The molecule has 0 unspecified atom stereocenters. The first-order valence-electron chi connectivity index (χ1n) is 8.66. The molecule has 1 atom stereocenters. The van der Waals surface area contributed by atoms with Crippen LogP contribution in [0.4, 0.5) is 5.69 Å². The number of likely N-dealkylation sites (tertiary alicyclic amines) is 1. The standard InChI is InChI=1S/C20H24N2O3/c23-14-18-7-4-12-22(18)13-20(24)21-17-8-10-19(11-9-17)25-15-16-5-2-1-3-6-16/h1-3,5-6,8-11,18,23H,4,7,12-15H2,(H,21,24)/t18-/m1/s1. The van der Waals surface area contributed by atoms with Gasteiger partial charge >= 0.3 is 0 Å². The highest BCUT2D eigenvalue weighted by Gasteiger charge is 2.25. The molecule has 1 fully saturated rings. The van der Waals surface area contributed by atoms with Gasteiger partial charge in [-0.05, 0) is 49.2 Å². The molecule has 0 aliphatic carbocycles. The van der Waals surface area contributed by atoms with Crippen molar-refractivity contribution >= 4 is 11.6 Å². The normalized spacial score (nSPS) is 17.4. The van der Waals surface area contributed by atoms with Crippen LogP contribution in [0.2, 0.25) is 0 Å². The van der Waals surface area contributed by atoms with Crippen LogP contribution in [0, 0.1) is 0 Å². The quantitative estimate of drug-likeness (QED) is 0.813. The number of benzene rings is 2. The molecule has 132 valence electrons. The van der Waals surface area contributed by atoms with E-state index in [1.54, 1.807) is 0 Å². The Morgan fingerprint density at radius 2 is 1.92 bits per heavy atom. The molecule has 1 saturated heterocycles. The van der Waals surface area contributed by atoms with E-state index < -0.39 is 0 Å². The zero-order chi connectivity index (χ0) is 17.5. The Balaban J connectivity index is 1.48. The van der Waals surface area contributed by atoms with Crippen LogP contribution in [-0.2, 0) is 11.4 Å². The molecule has 0 spiro atoms. The van der Waals surface area contributed by atoms with Crippen LogP contribution in [0.1, 0.15) is 18.4 Å². The smallest absolute Gasteiger partial charge is 0.238 e. The fourth-order valence-electron chi connectivity index (χ4n) is 3.07. The van der Waals surface area contributed by atoms with E-state index in [-0.39, 0.29) is 18.6 Å². The highest BCUT2D eigenvalue weighted by atomic mass is 16.5.